The van der Waals surface area contributed by atoms with Gasteiger partial charge in [0.15, 0.2) is 5.82 Å². The van der Waals surface area contributed by atoms with Gasteiger partial charge in [-0.3, -0.25) is 9.59 Å². The topological polar surface area (TPSA) is 96.2 Å². The molecule has 0 atom stereocenters. The number of hydrogen-bond donors (Lipinski definition) is 3. The summed E-state index contributed by atoms with van der Waals surface area (Å²) in [6.07, 6.45) is 4.02. The molecule has 0 aliphatic heterocycles. The molecule has 0 bridgehead atoms. The summed E-state index contributed by atoms with van der Waals surface area (Å²) in [5.74, 6) is -0.871. The van der Waals surface area contributed by atoms with Crippen LogP contribution < -0.4 is 10.6 Å². The van der Waals surface area contributed by atoms with Crippen molar-refractivity contribution in [2.75, 3.05) is 18.1 Å². The summed E-state index contributed by atoms with van der Waals surface area (Å²) in [7, 11) is 0. The molecule has 0 saturated heterocycles. The molecule has 0 saturated carbocycles. The molecule has 28 heavy (non-hydrogen) atoms. The Balaban J connectivity index is 1.64. The Kier molecular flexibility index (Phi) is 6.33. The van der Waals surface area contributed by atoms with Crippen LogP contribution in [0.1, 0.15) is 5.56 Å². The Labute approximate surface area is 166 Å². The molecule has 0 spiro atoms. The second kappa shape index (κ2) is 9.09. The van der Waals surface area contributed by atoms with Gasteiger partial charge in [-0.15, -0.1) is 11.8 Å². The Morgan fingerprint density at radius 3 is 2.61 bits per heavy atom. The maximum Gasteiger partial charge on any atom is 0.314 e. The average molecular weight is 396 g/mol. The van der Waals surface area contributed by atoms with Crippen LogP contribution in [0.3, 0.4) is 0 Å². The minimum Gasteiger partial charge on any atom is -0.508 e. The first-order chi connectivity index (χ1) is 13.6. The third-order valence-corrected chi connectivity index (χ3v) is 4.74. The number of aromatic hydroxyl groups is 1. The van der Waals surface area contributed by atoms with E-state index in [1.807, 2.05) is 42.7 Å². The van der Waals surface area contributed by atoms with Gasteiger partial charge in [0.1, 0.15) is 5.75 Å². The molecular weight excluding hydrogens is 376 g/mol. The number of hydrogen-bond acceptors (Lipinski definition) is 5. The number of phenolic OH excluding ortho intramolecular Hbond substituents is 1. The Morgan fingerprint density at radius 1 is 1.11 bits per heavy atom. The Hall–Kier alpha value is -3.26. The summed E-state index contributed by atoms with van der Waals surface area (Å²) in [6.45, 7) is 0.281. The summed E-state index contributed by atoms with van der Waals surface area (Å²) in [5.41, 5.74) is 1.65. The van der Waals surface area contributed by atoms with Crippen molar-refractivity contribution in [3.63, 3.8) is 0 Å². The van der Waals surface area contributed by atoms with Crippen molar-refractivity contribution in [1.82, 2.24) is 15.1 Å². The maximum absolute atomic E-state index is 12.3. The molecule has 144 valence electrons. The maximum atomic E-state index is 12.3. The van der Waals surface area contributed by atoms with Gasteiger partial charge in [-0.2, -0.15) is 5.10 Å². The van der Waals surface area contributed by atoms with Crippen LogP contribution in [0.15, 0.2) is 65.7 Å². The van der Waals surface area contributed by atoms with Crippen molar-refractivity contribution in [1.29, 1.82) is 0 Å². The van der Waals surface area contributed by atoms with E-state index in [4.69, 9.17) is 0 Å². The third kappa shape index (κ3) is 4.72. The fourth-order valence-electron chi connectivity index (χ4n) is 2.64. The number of carbonyl (C=O) groups is 2. The van der Waals surface area contributed by atoms with Crippen molar-refractivity contribution in [3.05, 3.63) is 66.4 Å². The van der Waals surface area contributed by atoms with Crippen molar-refractivity contribution in [2.24, 2.45) is 0 Å². The number of benzene rings is 2. The summed E-state index contributed by atoms with van der Waals surface area (Å²) in [4.78, 5) is 25.3. The van der Waals surface area contributed by atoms with Crippen LogP contribution in [0, 0.1) is 0 Å². The van der Waals surface area contributed by atoms with Crippen LogP contribution in [0.4, 0.5) is 5.82 Å². The van der Waals surface area contributed by atoms with Crippen molar-refractivity contribution >= 4 is 29.4 Å². The van der Waals surface area contributed by atoms with Crippen LogP contribution in [0.25, 0.3) is 5.69 Å². The second-order valence-corrected chi connectivity index (χ2v) is 6.79. The molecule has 1 heterocycles. The summed E-state index contributed by atoms with van der Waals surface area (Å²) in [5, 5.41) is 19.0. The first-order valence-electron chi connectivity index (χ1n) is 8.63. The lowest BCUT2D eigenvalue weighted by Gasteiger charge is -2.11. The van der Waals surface area contributed by atoms with Gasteiger partial charge in [0.05, 0.1) is 16.8 Å². The van der Waals surface area contributed by atoms with E-state index in [0.29, 0.717) is 12.2 Å². The van der Waals surface area contributed by atoms with Gasteiger partial charge < -0.3 is 15.7 Å². The van der Waals surface area contributed by atoms with E-state index in [2.05, 4.69) is 15.7 Å². The standard InChI is InChI=1S/C20H20N4O3S/c1-28-17-13-22-24(15-7-3-2-4-8-15)18(17)23-20(27)19(26)21-11-10-14-6-5-9-16(25)12-14/h2-9,12-13,25H,10-11H2,1H3,(H,21,26)(H,23,27). The van der Waals surface area contributed by atoms with Crippen LogP contribution in [0.2, 0.25) is 0 Å². The first-order valence-corrected chi connectivity index (χ1v) is 9.85. The largest absolute Gasteiger partial charge is 0.508 e. The number of aromatic nitrogens is 2. The average Bonchev–Trinajstić information content (AvgIpc) is 3.11. The minimum atomic E-state index is -0.760. The molecule has 2 amide bonds. The lowest BCUT2D eigenvalue weighted by molar-refractivity contribution is -0.136. The molecular formula is C20H20N4O3S. The van der Waals surface area contributed by atoms with Crippen LogP contribution >= 0.6 is 11.8 Å². The molecule has 8 heteroatoms. The highest BCUT2D eigenvalue weighted by Crippen LogP contribution is 2.27. The van der Waals surface area contributed by atoms with Gasteiger partial charge in [0, 0.05) is 6.54 Å². The number of para-hydroxylation sites is 1. The third-order valence-electron chi connectivity index (χ3n) is 4.00. The summed E-state index contributed by atoms with van der Waals surface area (Å²) < 4.78 is 1.59. The lowest BCUT2D eigenvalue weighted by atomic mass is 10.1. The van der Waals surface area contributed by atoms with Crippen molar-refractivity contribution in [2.45, 2.75) is 11.3 Å². The molecule has 2 aromatic carbocycles. The van der Waals surface area contributed by atoms with E-state index in [9.17, 15) is 14.7 Å². The molecule has 0 aliphatic carbocycles. The zero-order valence-electron chi connectivity index (χ0n) is 15.3. The zero-order valence-corrected chi connectivity index (χ0v) is 16.1. The molecule has 3 N–H and O–H groups in total. The van der Waals surface area contributed by atoms with Crippen LogP contribution in [0.5, 0.6) is 5.75 Å². The smallest absolute Gasteiger partial charge is 0.314 e. The zero-order chi connectivity index (χ0) is 19.9. The summed E-state index contributed by atoms with van der Waals surface area (Å²) in [6, 6.07) is 16.1. The van der Waals surface area contributed by atoms with Gasteiger partial charge in [-0.25, -0.2) is 4.68 Å². The highest BCUT2D eigenvalue weighted by molar-refractivity contribution is 7.98. The van der Waals surface area contributed by atoms with E-state index in [1.165, 1.54) is 11.8 Å². The monoisotopic (exact) mass is 396 g/mol. The highest BCUT2D eigenvalue weighted by Gasteiger charge is 2.19. The van der Waals surface area contributed by atoms with Gasteiger partial charge in [-0.1, -0.05) is 30.3 Å². The number of nitrogens with one attached hydrogen (secondary N) is 2. The minimum absolute atomic E-state index is 0.167. The highest BCUT2D eigenvalue weighted by atomic mass is 32.2. The number of anilines is 1. The van der Waals surface area contributed by atoms with Gasteiger partial charge in [0.25, 0.3) is 0 Å². The fraction of sp³-hybridized carbons (Fsp3) is 0.150. The second-order valence-electron chi connectivity index (χ2n) is 5.94. The van der Waals surface area contributed by atoms with E-state index in [0.717, 1.165) is 16.1 Å². The number of phenols is 1. The molecule has 0 aliphatic rings. The molecule has 0 fully saturated rings. The Bertz CT molecular complexity index is 973. The number of carbonyl (C=O) groups excluding carboxylic acids is 2. The molecule has 7 nitrogen and oxygen atoms in total. The first kappa shape index (κ1) is 19.5. The Morgan fingerprint density at radius 2 is 1.89 bits per heavy atom. The number of amides is 2. The van der Waals surface area contributed by atoms with Crippen LogP contribution in [-0.2, 0) is 16.0 Å². The molecule has 0 unspecified atom stereocenters. The van der Waals surface area contributed by atoms with Crippen molar-refractivity contribution in [3.8, 4) is 11.4 Å². The SMILES string of the molecule is CSc1cnn(-c2ccccc2)c1NC(=O)C(=O)NCCc1cccc(O)c1. The van der Waals surface area contributed by atoms with E-state index in [1.54, 1.807) is 29.1 Å². The lowest BCUT2D eigenvalue weighted by Crippen LogP contribution is -2.37. The fourth-order valence-corrected chi connectivity index (χ4v) is 3.12. The molecule has 1 aromatic heterocycles. The predicted molar refractivity (Wildman–Crippen MR) is 109 cm³/mol. The van der Waals surface area contributed by atoms with E-state index in [-0.39, 0.29) is 12.3 Å². The van der Waals surface area contributed by atoms with Crippen molar-refractivity contribution < 1.29 is 14.7 Å². The van der Waals surface area contributed by atoms with Crippen LogP contribution in [-0.4, -0.2) is 39.5 Å². The predicted octanol–water partition coefficient (Wildman–Crippen LogP) is 2.60. The van der Waals surface area contributed by atoms with Gasteiger partial charge in [0.2, 0.25) is 0 Å². The quantitative estimate of drug-likeness (QED) is 0.440. The molecule has 3 aromatic rings. The van der Waals surface area contributed by atoms with E-state index >= 15 is 0 Å². The molecule has 3 rings (SSSR count). The number of thioether (sulfide) groups is 1. The number of nitrogens with zero attached hydrogens (tertiary/aromatic N) is 2. The number of rotatable bonds is 6. The normalized spacial score (nSPS) is 10.5. The molecule has 0 radical (unpaired) electrons. The van der Waals surface area contributed by atoms with E-state index < -0.39 is 11.8 Å². The van der Waals surface area contributed by atoms with Gasteiger partial charge in [-0.05, 0) is 42.5 Å². The summed E-state index contributed by atoms with van der Waals surface area (Å²) >= 11 is 1.43. The van der Waals surface area contributed by atoms with Gasteiger partial charge >= 0.3 is 11.8 Å².